The third-order valence-corrected chi connectivity index (χ3v) is 3.84. The van der Waals surface area contributed by atoms with E-state index >= 15 is 0 Å². The van der Waals surface area contributed by atoms with Crippen LogP contribution in [0.3, 0.4) is 0 Å². The van der Waals surface area contributed by atoms with Gasteiger partial charge in [0.1, 0.15) is 10.7 Å². The normalized spacial score (nSPS) is 13.8. The van der Waals surface area contributed by atoms with Crippen molar-refractivity contribution in [1.82, 2.24) is 0 Å². The van der Waals surface area contributed by atoms with Gasteiger partial charge >= 0.3 is 11.9 Å². The summed E-state index contributed by atoms with van der Waals surface area (Å²) >= 11 is 11.3. The van der Waals surface area contributed by atoms with Crippen molar-refractivity contribution in [2.45, 2.75) is 0 Å². The zero-order valence-corrected chi connectivity index (χ0v) is 14.5. The maximum atomic E-state index is 14.5. The second-order valence-electron chi connectivity index (χ2n) is 4.64. The zero-order valence-electron chi connectivity index (χ0n) is 13.0. The first kappa shape index (κ1) is 19.0. The number of hydrogen-bond acceptors (Lipinski definition) is 5. The molecule has 0 spiro atoms. The Morgan fingerprint density at radius 2 is 1.68 bits per heavy atom. The number of esters is 2. The first-order chi connectivity index (χ1) is 11.8. The van der Waals surface area contributed by atoms with Crippen LogP contribution in [0, 0.1) is 11.6 Å². The van der Waals surface area contributed by atoms with Crippen LogP contribution >= 0.6 is 23.2 Å². The van der Waals surface area contributed by atoms with Gasteiger partial charge in [-0.1, -0.05) is 29.3 Å². The van der Waals surface area contributed by atoms with E-state index in [9.17, 15) is 18.4 Å². The average molecular weight is 390 g/mol. The standard InChI is InChI=1S/C16H11Cl2F2NO4/c1-24-15(22)8-5-3-4-6-21(14(8)16(23)25-2)10-7-9(17)12(19)11(18)13(10)20/h3-7H,1-2H3. The summed E-state index contributed by atoms with van der Waals surface area (Å²) in [6.07, 6.45) is 5.41. The minimum absolute atomic E-state index is 0.199. The highest BCUT2D eigenvalue weighted by Gasteiger charge is 2.30. The lowest BCUT2D eigenvalue weighted by molar-refractivity contribution is -0.139. The molecule has 9 heteroatoms. The first-order valence-electron chi connectivity index (χ1n) is 6.71. The number of nitrogens with zero attached hydrogens (tertiary/aromatic N) is 1. The number of halogens is 4. The Morgan fingerprint density at radius 3 is 2.28 bits per heavy atom. The predicted molar refractivity (Wildman–Crippen MR) is 88.2 cm³/mol. The summed E-state index contributed by atoms with van der Waals surface area (Å²) in [4.78, 5) is 25.2. The molecule has 0 saturated heterocycles. The zero-order chi connectivity index (χ0) is 18.7. The fourth-order valence-corrected chi connectivity index (χ4v) is 2.53. The van der Waals surface area contributed by atoms with Crippen LogP contribution in [0.2, 0.25) is 10.0 Å². The molecule has 1 aliphatic rings. The van der Waals surface area contributed by atoms with E-state index in [1.54, 1.807) is 0 Å². The van der Waals surface area contributed by atoms with Crippen LogP contribution in [0.1, 0.15) is 0 Å². The summed E-state index contributed by atoms with van der Waals surface area (Å²) < 4.78 is 37.5. The number of anilines is 1. The van der Waals surface area contributed by atoms with Gasteiger partial charge in [-0.25, -0.2) is 18.4 Å². The van der Waals surface area contributed by atoms with Crippen molar-refractivity contribution in [2.24, 2.45) is 0 Å². The van der Waals surface area contributed by atoms with Gasteiger partial charge in [-0.2, -0.15) is 0 Å². The smallest absolute Gasteiger partial charge is 0.355 e. The van der Waals surface area contributed by atoms with E-state index in [0.717, 1.165) is 25.2 Å². The third kappa shape index (κ3) is 3.52. The molecule has 0 unspecified atom stereocenters. The number of hydrogen-bond donors (Lipinski definition) is 0. The van der Waals surface area contributed by atoms with E-state index in [2.05, 4.69) is 9.47 Å². The molecule has 0 aliphatic carbocycles. The Balaban J connectivity index is 2.78. The van der Waals surface area contributed by atoms with Crippen molar-refractivity contribution < 1.29 is 27.8 Å². The summed E-state index contributed by atoms with van der Waals surface area (Å²) in [5.74, 6) is -4.11. The highest BCUT2D eigenvalue weighted by Crippen LogP contribution is 2.36. The van der Waals surface area contributed by atoms with Crippen LogP contribution in [0.4, 0.5) is 14.5 Å². The van der Waals surface area contributed by atoms with Gasteiger partial charge < -0.3 is 14.4 Å². The Kier molecular flexibility index (Phi) is 5.81. The number of benzene rings is 1. The lowest BCUT2D eigenvalue weighted by Crippen LogP contribution is -2.27. The number of allylic oxidation sites excluding steroid dienone is 2. The molecule has 0 radical (unpaired) electrons. The molecule has 0 saturated carbocycles. The first-order valence-corrected chi connectivity index (χ1v) is 7.47. The van der Waals surface area contributed by atoms with E-state index < -0.39 is 33.6 Å². The van der Waals surface area contributed by atoms with Gasteiger partial charge in [0.25, 0.3) is 0 Å². The van der Waals surface area contributed by atoms with Crippen LogP contribution in [0.5, 0.6) is 0 Å². The maximum Gasteiger partial charge on any atom is 0.355 e. The molecule has 0 N–H and O–H groups in total. The van der Waals surface area contributed by atoms with Gasteiger partial charge in [-0.05, 0) is 18.2 Å². The number of carbonyl (C=O) groups excluding carboxylic acids is 2. The lowest BCUT2D eigenvalue weighted by Gasteiger charge is -2.24. The van der Waals surface area contributed by atoms with Crippen molar-refractivity contribution in [3.63, 3.8) is 0 Å². The number of ether oxygens (including phenoxy) is 2. The maximum absolute atomic E-state index is 14.5. The summed E-state index contributed by atoms with van der Waals surface area (Å²) in [7, 11) is 2.20. The molecule has 132 valence electrons. The summed E-state index contributed by atoms with van der Waals surface area (Å²) in [5.41, 5.74) is -0.898. The molecule has 0 aromatic heterocycles. The van der Waals surface area contributed by atoms with Crippen molar-refractivity contribution in [3.8, 4) is 0 Å². The molecule has 0 bridgehead atoms. The molecule has 0 atom stereocenters. The van der Waals surface area contributed by atoms with Crippen LogP contribution in [0.15, 0.2) is 41.8 Å². The van der Waals surface area contributed by atoms with Crippen molar-refractivity contribution in [1.29, 1.82) is 0 Å². The van der Waals surface area contributed by atoms with Gasteiger partial charge in [0.05, 0.1) is 30.5 Å². The molecule has 2 rings (SSSR count). The van der Waals surface area contributed by atoms with Crippen LogP contribution in [-0.4, -0.2) is 26.2 Å². The fraction of sp³-hybridized carbons (Fsp3) is 0.125. The van der Waals surface area contributed by atoms with Gasteiger partial charge in [0.2, 0.25) is 0 Å². The number of methoxy groups -OCH3 is 2. The van der Waals surface area contributed by atoms with Crippen LogP contribution in [0.25, 0.3) is 0 Å². The van der Waals surface area contributed by atoms with Crippen LogP contribution < -0.4 is 4.90 Å². The van der Waals surface area contributed by atoms with Crippen molar-refractivity contribution in [2.75, 3.05) is 19.1 Å². The molecule has 1 aliphatic heterocycles. The Bertz CT molecular complexity index is 834. The molecular weight excluding hydrogens is 379 g/mol. The SMILES string of the molecule is COC(=O)C1=C(C(=O)OC)N(c2cc(Cl)c(F)c(Cl)c2F)C=CC=C1. The number of carbonyl (C=O) groups is 2. The van der Waals surface area contributed by atoms with Gasteiger partial charge in [0.15, 0.2) is 11.6 Å². The Morgan fingerprint density at radius 1 is 1.04 bits per heavy atom. The second kappa shape index (κ2) is 7.67. The summed E-state index contributed by atoms with van der Waals surface area (Å²) in [6.45, 7) is 0. The molecule has 0 fully saturated rings. The van der Waals surface area contributed by atoms with Gasteiger partial charge in [-0.15, -0.1) is 0 Å². The van der Waals surface area contributed by atoms with E-state index in [0.29, 0.717) is 0 Å². The monoisotopic (exact) mass is 389 g/mol. The minimum Gasteiger partial charge on any atom is -0.465 e. The third-order valence-electron chi connectivity index (χ3n) is 3.23. The molecule has 1 heterocycles. The highest BCUT2D eigenvalue weighted by atomic mass is 35.5. The Labute approximate surface area is 151 Å². The van der Waals surface area contributed by atoms with E-state index in [1.807, 2.05) is 0 Å². The van der Waals surface area contributed by atoms with E-state index in [-0.39, 0.29) is 17.0 Å². The lowest BCUT2D eigenvalue weighted by atomic mass is 10.1. The highest BCUT2D eigenvalue weighted by molar-refractivity contribution is 6.35. The minimum atomic E-state index is -1.17. The average Bonchev–Trinajstić information content (AvgIpc) is 2.84. The Hall–Kier alpha value is -2.38. The van der Waals surface area contributed by atoms with Gasteiger partial charge in [-0.3, -0.25) is 0 Å². The van der Waals surface area contributed by atoms with Gasteiger partial charge in [0, 0.05) is 6.20 Å². The quantitative estimate of drug-likeness (QED) is 0.447. The number of rotatable bonds is 3. The molecule has 0 amide bonds. The topological polar surface area (TPSA) is 55.8 Å². The fourth-order valence-electron chi connectivity index (χ4n) is 2.09. The molecule has 1 aromatic rings. The van der Waals surface area contributed by atoms with E-state index in [4.69, 9.17) is 23.2 Å². The summed E-state index contributed by atoms with van der Waals surface area (Å²) in [5, 5.41) is -1.31. The largest absolute Gasteiger partial charge is 0.465 e. The molecular formula is C16H11Cl2F2NO4. The molecule has 1 aromatic carbocycles. The van der Waals surface area contributed by atoms with E-state index in [1.165, 1.54) is 24.4 Å². The molecule has 5 nitrogen and oxygen atoms in total. The summed E-state index contributed by atoms with van der Waals surface area (Å²) in [6, 6.07) is 0.936. The van der Waals surface area contributed by atoms with Crippen molar-refractivity contribution >= 4 is 40.8 Å². The van der Waals surface area contributed by atoms with Crippen molar-refractivity contribution in [3.05, 3.63) is 63.4 Å². The van der Waals surface area contributed by atoms with Crippen LogP contribution in [-0.2, 0) is 19.1 Å². The molecule has 25 heavy (non-hydrogen) atoms. The predicted octanol–water partition coefficient (Wildman–Crippen LogP) is 3.76. The second-order valence-corrected chi connectivity index (χ2v) is 5.42.